The van der Waals surface area contributed by atoms with Crippen molar-refractivity contribution < 1.29 is 27.3 Å². The molecule has 8 nitrogen and oxygen atoms in total. The fourth-order valence-corrected chi connectivity index (χ4v) is 2.47. The van der Waals surface area contributed by atoms with E-state index in [0.717, 1.165) is 6.07 Å². The van der Waals surface area contributed by atoms with Crippen LogP contribution in [-0.2, 0) is 10.0 Å². The zero-order valence-electron chi connectivity index (χ0n) is 9.08. The van der Waals surface area contributed by atoms with Gasteiger partial charge in [-0.3, -0.25) is 4.72 Å². The van der Waals surface area contributed by atoms with Gasteiger partial charge in [0.2, 0.25) is 5.76 Å². The number of furan rings is 1. The zero-order chi connectivity index (χ0) is 13.3. The van der Waals surface area contributed by atoms with Crippen LogP contribution in [0.3, 0.4) is 0 Å². The molecule has 0 saturated heterocycles. The highest BCUT2D eigenvalue weighted by Gasteiger charge is 2.24. The molecule has 0 bridgehead atoms. The maximum atomic E-state index is 11.9. The summed E-state index contributed by atoms with van der Waals surface area (Å²) in [5.74, 6) is -1.83. The summed E-state index contributed by atoms with van der Waals surface area (Å²) in [5.41, 5.74) is 0. The van der Waals surface area contributed by atoms with E-state index in [1.165, 1.54) is 19.3 Å². The quantitative estimate of drug-likeness (QED) is 0.853. The highest BCUT2D eigenvalue weighted by Crippen LogP contribution is 2.22. The molecule has 0 atom stereocenters. The predicted octanol–water partition coefficient (Wildman–Crippen LogP) is 1.08. The number of hydrogen-bond donors (Lipinski definition) is 2. The second-order valence-electron chi connectivity index (χ2n) is 3.33. The Morgan fingerprint density at radius 2 is 2.22 bits per heavy atom. The van der Waals surface area contributed by atoms with Crippen LogP contribution in [0.2, 0.25) is 0 Å². The molecule has 0 amide bonds. The maximum absolute atomic E-state index is 11.9. The van der Waals surface area contributed by atoms with Crippen molar-refractivity contribution in [2.75, 3.05) is 4.72 Å². The molecule has 0 aliphatic rings. The molecular weight excluding hydrogens is 264 g/mol. The summed E-state index contributed by atoms with van der Waals surface area (Å²) in [6.45, 7) is 1.35. The van der Waals surface area contributed by atoms with Gasteiger partial charge in [0.25, 0.3) is 10.0 Å². The molecule has 0 spiro atoms. The molecule has 0 saturated carbocycles. The highest BCUT2D eigenvalue weighted by molar-refractivity contribution is 7.92. The average Bonchev–Trinajstić information content (AvgIpc) is 2.86. The number of nitrogens with zero attached hydrogens (tertiary/aromatic N) is 1. The van der Waals surface area contributed by atoms with Gasteiger partial charge in [-0.15, -0.1) is 0 Å². The third-order valence-electron chi connectivity index (χ3n) is 2.05. The monoisotopic (exact) mass is 272 g/mol. The van der Waals surface area contributed by atoms with Crippen molar-refractivity contribution in [3.63, 3.8) is 0 Å². The molecule has 2 heterocycles. The molecule has 2 aromatic rings. The van der Waals surface area contributed by atoms with Crippen LogP contribution >= 0.6 is 0 Å². The Morgan fingerprint density at radius 1 is 1.50 bits per heavy atom. The standard InChI is InChI=1S/C9H8N2O6S/c1-5-7(4-6(17-5)9(12)13)18(14,15)11-8-2-3-16-10-8/h2-4H,1H3,(H,10,11)(H,12,13). The topological polar surface area (TPSA) is 123 Å². The van der Waals surface area contributed by atoms with E-state index in [-0.39, 0.29) is 16.5 Å². The lowest BCUT2D eigenvalue weighted by molar-refractivity contribution is 0.0661. The number of carbonyl (C=O) groups is 1. The molecule has 96 valence electrons. The van der Waals surface area contributed by atoms with Crippen molar-refractivity contribution in [3.8, 4) is 0 Å². The number of sulfonamides is 1. The third-order valence-corrected chi connectivity index (χ3v) is 3.51. The molecule has 0 aromatic carbocycles. The van der Waals surface area contributed by atoms with Gasteiger partial charge in [0.05, 0.1) is 0 Å². The molecule has 2 N–H and O–H groups in total. The van der Waals surface area contributed by atoms with Crippen molar-refractivity contribution in [1.82, 2.24) is 5.16 Å². The molecule has 2 rings (SSSR count). The second kappa shape index (κ2) is 4.18. The fraction of sp³-hybridized carbons (Fsp3) is 0.111. The van der Waals surface area contributed by atoms with E-state index in [2.05, 4.69) is 14.4 Å². The molecule has 0 fully saturated rings. The summed E-state index contributed by atoms with van der Waals surface area (Å²) in [7, 11) is -3.96. The maximum Gasteiger partial charge on any atom is 0.371 e. The minimum atomic E-state index is -3.96. The smallest absolute Gasteiger partial charge is 0.371 e. The lowest BCUT2D eigenvalue weighted by Gasteiger charge is -2.02. The first kappa shape index (κ1) is 12.2. The number of hydrogen-bond acceptors (Lipinski definition) is 6. The summed E-state index contributed by atoms with van der Waals surface area (Å²) in [6, 6.07) is 2.24. The van der Waals surface area contributed by atoms with Crippen LogP contribution in [0.25, 0.3) is 0 Å². The number of carboxylic acid groups (broad SMARTS) is 1. The Morgan fingerprint density at radius 3 is 2.72 bits per heavy atom. The van der Waals surface area contributed by atoms with Gasteiger partial charge >= 0.3 is 5.97 Å². The molecular formula is C9H8N2O6S. The van der Waals surface area contributed by atoms with Crippen molar-refractivity contribution in [2.45, 2.75) is 11.8 Å². The van der Waals surface area contributed by atoms with Crippen LogP contribution in [-0.4, -0.2) is 24.7 Å². The Hall–Kier alpha value is -2.29. The predicted molar refractivity (Wildman–Crippen MR) is 57.7 cm³/mol. The second-order valence-corrected chi connectivity index (χ2v) is 4.98. The van der Waals surface area contributed by atoms with Crippen LogP contribution in [0, 0.1) is 6.92 Å². The van der Waals surface area contributed by atoms with Crippen molar-refractivity contribution >= 4 is 21.8 Å². The Balaban J connectivity index is 2.38. The van der Waals surface area contributed by atoms with E-state index in [1.54, 1.807) is 0 Å². The molecule has 2 aromatic heterocycles. The Labute approximate surface area is 101 Å². The number of nitrogens with one attached hydrogen (secondary N) is 1. The fourth-order valence-electron chi connectivity index (χ4n) is 1.30. The van der Waals surface area contributed by atoms with Gasteiger partial charge in [-0.1, -0.05) is 5.16 Å². The first-order valence-electron chi connectivity index (χ1n) is 4.67. The van der Waals surface area contributed by atoms with Crippen LogP contribution in [0.1, 0.15) is 16.3 Å². The van der Waals surface area contributed by atoms with Crippen molar-refractivity contribution in [2.24, 2.45) is 0 Å². The minimum absolute atomic E-state index is 0.00697. The molecule has 0 aliphatic carbocycles. The van der Waals surface area contributed by atoms with Gasteiger partial charge in [-0.25, -0.2) is 13.2 Å². The van der Waals surface area contributed by atoms with Gasteiger partial charge in [0, 0.05) is 12.1 Å². The van der Waals surface area contributed by atoms with Crippen molar-refractivity contribution in [3.05, 3.63) is 29.9 Å². The number of aromatic nitrogens is 1. The molecule has 0 aliphatic heterocycles. The van der Waals surface area contributed by atoms with E-state index >= 15 is 0 Å². The van der Waals surface area contributed by atoms with Crippen LogP contribution < -0.4 is 4.72 Å². The summed E-state index contributed by atoms with van der Waals surface area (Å²) in [5, 5.41) is 12.1. The number of carboxylic acids is 1. The van der Waals surface area contributed by atoms with Crippen LogP contribution in [0.5, 0.6) is 0 Å². The number of aryl methyl sites for hydroxylation is 1. The zero-order valence-corrected chi connectivity index (χ0v) is 9.89. The highest BCUT2D eigenvalue weighted by atomic mass is 32.2. The van der Waals surface area contributed by atoms with E-state index in [1.807, 2.05) is 0 Å². The molecule has 0 radical (unpaired) electrons. The van der Waals surface area contributed by atoms with Crippen LogP contribution in [0.4, 0.5) is 5.82 Å². The van der Waals surface area contributed by atoms with E-state index in [4.69, 9.17) is 9.52 Å². The minimum Gasteiger partial charge on any atom is -0.475 e. The first-order valence-corrected chi connectivity index (χ1v) is 6.15. The van der Waals surface area contributed by atoms with Gasteiger partial charge in [0.15, 0.2) is 5.82 Å². The summed E-state index contributed by atoms with van der Waals surface area (Å²) >= 11 is 0. The lowest BCUT2D eigenvalue weighted by Crippen LogP contribution is -2.13. The summed E-state index contributed by atoms with van der Waals surface area (Å²) in [4.78, 5) is 10.4. The van der Waals surface area contributed by atoms with Gasteiger partial charge in [0.1, 0.15) is 16.9 Å². The largest absolute Gasteiger partial charge is 0.475 e. The van der Waals surface area contributed by atoms with E-state index in [9.17, 15) is 13.2 Å². The van der Waals surface area contributed by atoms with Crippen LogP contribution in [0.15, 0.2) is 32.2 Å². The third kappa shape index (κ3) is 2.20. The normalized spacial score (nSPS) is 11.4. The molecule has 0 unspecified atom stereocenters. The van der Waals surface area contributed by atoms with Gasteiger partial charge in [-0.2, -0.15) is 0 Å². The summed E-state index contributed by atoms with van der Waals surface area (Å²) in [6.07, 6.45) is 1.20. The van der Waals surface area contributed by atoms with Gasteiger partial charge < -0.3 is 14.0 Å². The van der Waals surface area contributed by atoms with E-state index < -0.39 is 21.8 Å². The lowest BCUT2D eigenvalue weighted by atomic mass is 10.4. The SMILES string of the molecule is Cc1oc(C(=O)O)cc1S(=O)(=O)Nc1ccon1. The van der Waals surface area contributed by atoms with Crippen molar-refractivity contribution in [1.29, 1.82) is 0 Å². The number of anilines is 1. The van der Waals surface area contributed by atoms with E-state index in [0.29, 0.717) is 0 Å². The number of aromatic carboxylic acids is 1. The first-order chi connectivity index (χ1) is 8.40. The Bertz CT molecular complexity index is 670. The van der Waals surface area contributed by atoms with Gasteiger partial charge in [-0.05, 0) is 6.92 Å². The average molecular weight is 272 g/mol. The molecule has 9 heteroatoms. The molecule has 18 heavy (non-hydrogen) atoms. The number of rotatable bonds is 4. The Kier molecular flexibility index (Phi) is 2.83. The summed E-state index contributed by atoms with van der Waals surface area (Å²) < 4.78 is 35.2.